The van der Waals surface area contributed by atoms with Gasteiger partial charge in [0.1, 0.15) is 6.54 Å². The van der Waals surface area contributed by atoms with Crippen LogP contribution in [0.3, 0.4) is 0 Å². The molecule has 7 heteroatoms. The number of rotatable bonds is 5. The average molecular weight is 345 g/mol. The number of fused-ring (bicyclic) bond motifs is 1. The predicted octanol–water partition coefficient (Wildman–Crippen LogP) is 2.01. The summed E-state index contributed by atoms with van der Waals surface area (Å²) in [5.41, 5.74) is 0.728. The summed E-state index contributed by atoms with van der Waals surface area (Å²) in [6.07, 6.45) is 1.81. The van der Waals surface area contributed by atoms with E-state index in [0.717, 1.165) is 23.5 Å². The number of amidine groups is 1. The Bertz CT molecular complexity index is 682. The van der Waals surface area contributed by atoms with E-state index in [9.17, 15) is 14.4 Å². The fourth-order valence-electron chi connectivity index (χ4n) is 2.73. The van der Waals surface area contributed by atoms with Crippen LogP contribution in [0.15, 0.2) is 29.3 Å². The largest absolute Gasteiger partial charge is 0.290 e. The van der Waals surface area contributed by atoms with Gasteiger partial charge in [-0.2, -0.15) is 0 Å². The second kappa shape index (κ2) is 7.17. The topological polar surface area (TPSA) is 70.1 Å². The number of nitrogens with zero attached hydrogens (tertiary/aromatic N) is 3. The number of benzene rings is 1. The quantitative estimate of drug-likeness (QED) is 0.766. The number of imide groups is 1. The zero-order chi connectivity index (χ0) is 17.1. The highest BCUT2D eigenvalue weighted by molar-refractivity contribution is 8.14. The molecule has 0 radical (unpaired) electrons. The van der Waals surface area contributed by atoms with Crippen molar-refractivity contribution < 1.29 is 14.4 Å². The maximum absolute atomic E-state index is 12.7. The summed E-state index contributed by atoms with van der Waals surface area (Å²) in [6, 6.07) is 6.66. The van der Waals surface area contributed by atoms with E-state index in [4.69, 9.17) is 0 Å². The van der Waals surface area contributed by atoms with Crippen LogP contribution in [-0.4, -0.2) is 58.1 Å². The molecule has 126 valence electrons. The Balaban J connectivity index is 1.76. The Morgan fingerprint density at radius 1 is 1.25 bits per heavy atom. The first kappa shape index (κ1) is 16.7. The standard InChI is InChI=1S/C17H19N3O3S/c1-2-3-9-19(17-18-8-10-24-17)14(21)11-20-15(22)12-6-4-5-7-13(12)16(20)23/h4-7H,2-3,8-11H2,1H3. The van der Waals surface area contributed by atoms with Crippen molar-refractivity contribution >= 4 is 34.7 Å². The molecular weight excluding hydrogens is 326 g/mol. The molecule has 24 heavy (non-hydrogen) atoms. The molecule has 2 aliphatic heterocycles. The number of aliphatic imine (C=N–C) groups is 1. The van der Waals surface area contributed by atoms with Gasteiger partial charge in [-0.1, -0.05) is 37.2 Å². The number of hydrogen-bond acceptors (Lipinski definition) is 5. The van der Waals surface area contributed by atoms with Crippen LogP contribution in [0, 0.1) is 0 Å². The molecule has 0 unspecified atom stereocenters. The zero-order valence-corrected chi connectivity index (χ0v) is 14.3. The van der Waals surface area contributed by atoms with Crippen molar-refractivity contribution in [2.75, 3.05) is 25.4 Å². The fraction of sp³-hybridized carbons (Fsp3) is 0.412. The molecule has 0 spiro atoms. The fourth-order valence-corrected chi connectivity index (χ4v) is 3.63. The van der Waals surface area contributed by atoms with Crippen LogP contribution >= 0.6 is 11.8 Å². The van der Waals surface area contributed by atoms with Gasteiger partial charge in [0.05, 0.1) is 17.7 Å². The molecule has 3 amide bonds. The SMILES string of the molecule is CCCCN(C(=O)CN1C(=O)c2ccccc2C1=O)C1=NCCS1. The summed E-state index contributed by atoms with van der Waals surface area (Å²) in [6.45, 7) is 3.07. The maximum Gasteiger partial charge on any atom is 0.262 e. The van der Waals surface area contributed by atoms with Gasteiger partial charge in [0.25, 0.3) is 11.8 Å². The third-order valence-electron chi connectivity index (χ3n) is 4.01. The van der Waals surface area contributed by atoms with Gasteiger partial charge in [0.2, 0.25) is 5.91 Å². The highest BCUT2D eigenvalue weighted by Gasteiger charge is 2.37. The van der Waals surface area contributed by atoms with Crippen LogP contribution in [0.25, 0.3) is 0 Å². The Morgan fingerprint density at radius 3 is 2.46 bits per heavy atom. The number of thioether (sulfide) groups is 1. The number of unbranched alkanes of at least 4 members (excludes halogenated alkanes) is 1. The number of carbonyl (C=O) groups excluding carboxylic acids is 3. The average Bonchev–Trinajstić information content (AvgIpc) is 3.20. The third-order valence-corrected chi connectivity index (χ3v) is 5.00. The summed E-state index contributed by atoms with van der Waals surface area (Å²) in [5.74, 6) is -0.204. The van der Waals surface area contributed by atoms with Gasteiger partial charge in [-0.15, -0.1) is 0 Å². The second-order valence-electron chi connectivity index (χ2n) is 5.65. The minimum atomic E-state index is -0.402. The second-order valence-corrected chi connectivity index (χ2v) is 6.72. The summed E-state index contributed by atoms with van der Waals surface area (Å²) >= 11 is 1.54. The maximum atomic E-state index is 12.7. The van der Waals surface area contributed by atoms with E-state index in [0.29, 0.717) is 29.4 Å². The van der Waals surface area contributed by atoms with E-state index in [1.807, 2.05) is 0 Å². The van der Waals surface area contributed by atoms with Crippen LogP contribution in [-0.2, 0) is 4.79 Å². The molecule has 0 aromatic heterocycles. The molecule has 0 saturated carbocycles. The van der Waals surface area contributed by atoms with Crippen LogP contribution in [0.4, 0.5) is 0 Å². The number of carbonyl (C=O) groups is 3. The molecule has 0 fully saturated rings. The molecule has 0 atom stereocenters. The van der Waals surface area contributed by atoms with Crippen molar-refractivity contribution in [1.29, 1.82) is 0 Å². The molecule has 6 nitrogen and oxygen atoms in total. The molecule has 3 rings (SSSR count). The monoisotopic (exact) mass is 345 g/mol. The van der Waals surface area contributed by atoms with E-state index in [-0.39, 0.29) is 12.5 Å². The van der Waals surface area contributed by atoms with Gasteiger partial charge in [0, 0.05) is 12.3 Å². The lowest BCUT2D eigenvalue weighted by atomic mass is 10.1. The molecule has 1 aromatic carbocycles. The molecular formula is C17H19N3O3S. The van der Waals surface area contributed by atoms with Gasteiger partial charge in [0.15, 0.2) is 5.17 Å². The van der Waals surface area contributed by atoms with E-state index in [2.05, 4.69) is 11.9 Å². The first-order chi connectivity index (χ1) is 11.6. The Morgan fingerprint density at radius 2 is 1.92 bits per heavy atom. The smallest absolute Gasteiger partial charge is 0.262 e. The molecule has 0 N–H and O–H groups in total. The van der Waals surface area contributed by atoms with Crippen molar-refractivity contribution in [3.8, 4) is 0 Å². The van der Waals surface area contributed by atoms with Crippen LogP contribution in [0.5, 0.6) is 0 Å². The lowest BCUT2D eigenvalue weighted by molar-refractivity contribution is -0.127. The number of amides is 3. The van der Waals surface area contributed by atoms with Crippen LogP contribution in [0.1, 0.15) is 40.5 Å². The molecule has 0 aliphatic carbocycles. The zero-order valence-electron chi connectivity index (χ0n) is 13.5. The first-order valence-electron chi connectivity index (χ1n) is 8.06. The van der Waals surface area contributed by atoms with E-state index < -0.39 is 11.8 Å². The van der Waals surface area contributed by atoms with Gasteiger partial charge in [-0.05, 0) is 18.6 Å². The summed E-state index contributed by atoms with van der Waals surface area (Å²) in [4.78, 5) is 44.5. The molecule has 2 heterocycles. The van der Waals surface area contributed by atoms with Gasteiger partial charge in [-0.25, -0.2) is 0 Å². The van der Waals surface area contributed by atoms with Gasteiger partial charge >= 0.3 is 0 Å². The minimum Gasteiger partial charge on any atom is -0.290 e. The highest BCUT2D eigenvalue weighted by Crippen LogP contribution is 2.23. The van der Waals surface area contributed by atoms with E-state index in [1.54, 1.807) is 40.9 Å². The Hall–Kier alpha value is -2.15. The molecule has 0 saturated heterocycles. The molecule has 2 aliphatic rings. The van der Waals surface area contributed by atoms with Gasteiger partial charge < -0.3 is 0 Å². The van der Waals surface area contributed by atoms with Crippen molar-refractivity contribution in [2.45, 2.75) is 19.8 Å². The van der Waals surface area contributed by atoms with Crippen molar-refractivity contribution in [3.05, 3.63) is 35.4 Å². The van der Waals surface area contributed by atoms with Crippen molar-refractivity contribution in [3.63, 3.8) is 0 Å². The molecule has 0 bridgehead atoms. The lowest BCUT2D eigenvalue weighted by Gasteiger charge is -2.24. The Labute approximate surface area is 144 Å². The van der Waals surface area contributed by atoms with Crippen LogP contribution in [0.2, 0.25) is 0 Å². The normalized spacial score (nSPS) is 16.4. The van der Waals surface area contributed by atoms with Gasteiger partial charge in [-0.3, -0.25) is 29.2 Å². The van der Waals surface area contributed by atoms with Crippen LogP contribution < -0.4 is 0 Å². The summed E-state index contributed by atoms with van der Waals surface area (Å²) < 4.78 is 0. The first-order valence-corrected chi connectivity index (χ1v) is 9.05. The summed E-state index contributed by atoms with van der Waals surface area (Å²) in [5, 5.41) is 0.699. The minimum absolute atomic E-state index is 0.240. The predicted molar refractivity (Wildman–Crippen MR) is 93.2 cm³/mol. The molecule has 1 aromatic rings. The number of hydrogen-bond donors (Lipinski definition) is 0. The van der Waals surface area contributed by atoms with Crippen molar-refractivity contribution in [2.24, 2.45) is 4.99 Å². The van der Waals surface area contributed by atoms with Crippen molar-refractivity contribution in [1.82, 2.24) is 9.80 Å². The lowest BCUT2D eigenvalue weighted by Crippen LogP contribution is -2.44. The third kappa shape index (κ3) is 3.08. The highest BCUT2D eigenvalue weighted by atomic mass is 32.2. The van der Waals surface area contributed by atoms with E-state index >= 15 is 0 Å². The summed E-state index contributed by atoms with van der Waals surface area (Å²) in [7, 11) is 0. The Kier molecular flexibility index (Phi) is 4.99. The van der Waals surface area contributed by atoms with E-state index in [1.165, 1.54) is 0 Å².